The molecule has 2 heterocycles. The molecule has 1 aromatic rings. The van der Waals surface area contributed by atoms with Gasteiger partial charge in [0.15, 0.2) is 0 Å². The average molecular weight is 278 g/mol. The van der Waals surface area contributed by atoms with Crippen LogP contribution in [0.25, 0.3) is 0 Å². The fraction of sp³-hybridized carbons (Fsp3) is 0.538. The van der Waals surface area contributed by atoms with E-state index in [1.165, 1.54) is 12.3 Å². The van der Waals surface area contributed by atoms with Crippen molar-refractivity contribution in [3.8, 4) is 0 Å². The second-order valence-electron chi connectivity index (χ2n) is 5.22. The summed E-state index contributed by atoms with van der Waals surface area (Å²) < 4.78 is 0. The van der Waals surface area contributed by atoms with Crippen LogP contribution in [-0.2, 0) is 4.79 Å². The molecule has 1 saturated heterocycles. The summed E-state index contributed by atoms with van der Waals surface area (Å²) in [7, 11) is 0. The van der Waals surface area contributed by atoms with Crippen LogP contribution in [-0.4, -0.2) is 28.9 Å². The summed E-state index contributed by atoms with van der Waals surface area (Å²) in [5.41, 5.74) is 6.02. The van der Waals surface area contributed by atoms with Gasteiger partial charge in [-0.25, -0.2) is 4.98 Å². The van der Waals surface area contributed by atoms with Crippen LogP contribution in [0.4, 0.5) is 11.5 Å². The largest absolute Gasteiger partial charge is 0.370 e. The van der Waals surface area contributed by atoms with E-state index in [1.54, 1.807) is 0 Å². The maximum atomic E-state index is 11.0. The van der Waals surface area contributed by atoms with Gasteiger partial charge in [0.25, 0.3) is 5.69 Å². The third-order valence-electron chi connectivity index (χ3n) is 3.56. The van der Waals surface area contributed by atoms with Crippen molar-refractivity contribution in [1.29, 1.82) is 0 Å². The number of carbonyl (C=O) groups is 1. The van der Waals surface area contributed by atoms with E-state index in [0.29, 0.717) is 13.0 Å². The van der Waals surface area contributed by atoms with Crippen LogP contribution in [0.1, 0.15) is 24.8 Å². The molecule has 1 aliphatic rings. The molecule has 20 heavy (non-hydrogen) atoms. The third kappa shape index (κ3) is 3.23. The second kappa shape index (κ2) is 5.85. The molecule has 1 unspecified atom stereocenters. The monoisotopic (exact) mass is 278 g/mol. The Hall–Kier alpha value is -2.18. The fourth-order valence-corrected chi connectivity index (χ4v) is 2.69. The van der Waals surface area contributed by atoms with Crippen molar-refractivity contribution in [3.05, 3.63) is 27.9 Å². The Bertz CT molecular complexity index is 532. The van der Waals surface area contributed by atoms with Gasteiger partial charge in [0.1, 0.15) is 12.0 Å². The summed E-state index contributed by atoms with van der Waals surface area (Å²) in [5.74, 6) is 0.702. The highest BCUT2D eigenvalue weighted by atomic mass is 16.6. The molecular weight excluding hydrogens is 260 g/mol. The summed E-state index contributed by atoms with van der Waals surface area (Å²) in [6.07, 6.45) is 3.60. The molecule has 1 amide bonds. The smallest absolute Gasteiger partial charge is 0.287 e. The Labute approximate surface area is 116 Å². The van der Waals surface area contributed by atoms with E-state index in [9.17, 15) is 14.9 Å². The zero-order valence-corrected chi connectivity index (χ0v) is 11.4. The summed E-state index contributed by atoms with van der Waals surface area (Å²) in [6.45, 7) is 3.38. The van der Waals surface area contributed by atoms with E-state index >= 15 is 0 Å². The number of amides is 1. The van der Waals surface area contributed by atoms with Crippen LogP contribution < -0.4 is 10.6 Å². The van der Waals surface area contributed by atoms with Gasteiger partial charge < -0.3 is 10.6 Å². The van der Waals surface area contributed by atoms with E-state index in [2.05, 4.69) is 9.88 Å². The highest BCUT2D eigenvalue weighted by Gasteiger charge is 2.24. The molecule has 1 aliphatic heterocycles. The number of aromatic nitrogens is 1. The van der Waals surface area contributed by atoms with Gasteiger partial charge in [-0.2, -0.15) is 0 Å². The van der Waals surface area contributed by atoms with Gasteiger partial charge in [-0.3, -0.25) is 14.9 Å². The SMILES string of the molecule is Cc1cc([N+](=O)[O-])cnc1N1CCCC(CC(N)=O)C1. The van der Waals surface area contributed by atoms with Crippen LogP contribution in [0.3, 0.4) is 0 Å². The first-order chi connectivity index (χ1) is 9.47. The van der Waals surface area contributed by atoms with Crippen molar-refractivity contribution in [2.24, 2.45) is 11.7 Å². The first-order valence-electron chi connectivity index (χ1n) is 6.61. The van der Waals surface area contributed by atoms with E-state index < -0.39 is 4.92 Å². The highest BCUT2D eigenvalue weighted by molar-refractivity contribution is 5.74. The number of aryl methyl sites for hydroxylation is 1. The minimum Gasteiger partial charge on any atom is -0.370 e. The van der Waals surface area contributed by atoms with Crippen molar-refractivity contribution >= 4 is 17.4 Å². The number of nitrogens with two attached hydrogens (primary N) is 1. The lowest BCUT2D eigenvalue weighted by Gasteiger charge is -2.33. The Balaban J connectivity index is 2.14. The molecule has 108 valence electrons. The van der Waals surface area contributed by atoms with E-state index in [-0.39, 0.29) is 17.5 Å². The second-order valence-corrected chi connectivity index (χ2v) is 5.22. The number of rotatable bonds is 4. The summed E-state index contributed by atoms with van der Waals surface area (Å²) in [6, 6.07) is 1.53. The molecule has 1 fully saturated rings. The molecule has 0 spiro atoms. The maximum Gasteiger partial charge on any atom is 0.287 e. The zero-order valence-electron chi connectivity index (χ0n) is 11.4. The average Bonchev–Trinajstić information content (AvgIpc) is 2.38. The summed E-state index contributed by atoms with van der Waals surface area (Å²) >= 11 is 0. The van der Waals surface area contributed by atoms with Crippen LogP contribution >= 0.6 is 0 Å². The molecule has 0 bridgehead atoms. The number of nitro groups is 1. The fourth-order valence-electron chi connectivity index (χ4n) is 2.69. The number of piperidine rings is 1. The molecule has 1 aromatic heterocycles. The van der Waals surface area contributed by atoms with Crippen LogP contribution in [0.2, 0.25) is 0 Å². The summed E-state index contributed by atoms with van der Waals surface area (Å²) in [4.78, 5) is 27.6. The third-order valence-corrected chi connectivity index (χ3v) is 3.56. The van der Waals surface area contributed by atoms with E-state index in [1.807, 2.05) is 6.92 Å². The lowest BCUT2D eigenvalue weighted by Crippen LogP contribution is -2.37. The minimum atomic E-state index is -0.449. The highest BCUT2D eigenvalue weighted by Crippen LogP contribution is 2.27. The Morgan fingerprint density at radius 2 is 2.40 bits per heavy atom. The van der Waals surface area contributed by atoms with Crippen LogP contribution in [0.15, 0.2) is 12.3 Å². The maximum absolute atomic E-state index is 11.0. The number of pyridine rings is 1. The molecule has 0 aromatic carbocycles. The Morgan fingerprint density at radius 3 is 3.00 bits per heavy atom. The van der Waals surface area contributed by atoms with Crippen LogP contribution in [0, 0.1) is 23.0 Å². The van der Waals surface area contributed by atoms with Crippen molar-refractivity contribution in [3.63, 3.8) is 0 Å². The topological polar surface area (TPSA) is 102 Å². The van der Waals surface area contributed by atoms with Gasteiger partial charge in [0, 0.05) is 25.6 Å². The number of anilines is 1. The molecule has 2 N–H and O–H groups in total. The first kappa shape index (κ1) is 14.2. The van der Waals surface area contributed by atoms with Crippen molar-refractivity contribution in [2.45, 2.75) is 26.2 Å². The molecule has 2 rings (SSSR count). The first-order valence-corrected chi connectivity index (χ1v) is 6.61. The lowest BCUT2D eigenvalue weighted by atomic mass is 9.94. The quantitative estimate of drug-likeness (QED) is 0.662. The Morgan fingerprint density at radius 1 is 1.65 bits per heavy atom. The number of primary amides is 1. The predicted octanol–water partition coefficient (Wildman–Crippen LogP) is 1.39. The molecule has 7 nitrogen and oxygen atoms in total. The molecule has 0 radical (unpaired) electrons. The lowest BCUT2D eigenvalue weighted by molar-refractivity contribution is -0.385. The summed E-state index contributed by atoms with van der Waals surface area (Å²) in [5, 5.41) is 10.7. The van der Waals surface area contributed by atoms with E-state index in [4.69, 9.17) is 5.73 Å². The molecule has 0 aliphatic carbocycles. The predicted molar refractivity (Wildman–Crippen MR) is 74.4 cm³/mol. The Kier molecular flexibility index (Phi) is 4.16. The van der Waals surface area contributed by atoms with Crippen LogP contribution in [0.5, 0.6) is 0 Å². The van der Waals surface area contributed by atoms with Crippen molar-refractivity contribution < 1.29 is 9.72 Å². The number of hydrogen-bond donors (Lipinski definition) is 1. The van der Waals surface area contributed by atoms with Gasteiger partial charge in [-0.15, -0.1) is 0 Å². The van der Waals surface area contributed by atoms with Gasteiger partial charge >= 0.3 is 0 Å². The van der Waals surface area contributed by atoms with Gasteiger partial charge in [0.05, 0.1) is 4.92 Å². The zero-order chi connectivity index (χ0) is 14.7. The van der Waals surface area contributed by atoms with Gasteiger partial charge in [0.2, 0.25) is 5.91 Å². The number of hydrogen-bond acceptors (Lipinski definition) is 5. The molecular formula is C13H18N4O3. The van der Waals surface area contributed by atoms with Gasteiger partial charge in [-0.05, 0) is 31.2 Å². The normalized spacial score (nSPS) is 18.9. The molecule has 0 saturated carbocycles. The molecule has 7 heteroatoms. The van der Waals surface area contributed by atoms with Crippen molar-refractivity contribution in [2.75, 3.05) is 18.0 Å². The van der Waals surface area contributed by atoms with Gasteiger partial charge in [-0.1, -0.05) is 0 Å². The number of carbonyl (C=O) groups excluding carboxylic acids is 1. The molecule has 1 atom stereocenters. The number of nitrogens with zero attached hydrogens (tertiary/aromatic N) is 3. The van der Waals surface area contributed by atoms with E-state index in [0.717, 1.165) is 30.8 Å². The standard InChI is InChI=1S/C13H18N4O3/c1-9-5-11(17(19)20)7-15-13(9)16-4-2-3-10(8-16)6-12(14)18/h5,7,10H,2-4,6,8H2,1H3,(H2,14,18). The van der Waals surface area contributed by atoms with Crippen molar-refractivity contribution in [1.82, 2.24) is 4.98 Å². The minimum absolute atomic E-state index is 0.00283.